The molecular weight excluding hydrogens is 190 g/mol. The minimum absolute atomic E-state index is 0.722. The van der Waals surface area contributed by atoms with E-state index in [2.05, 4.69) is 52.8 Å². The van der Waals surface area contributed by atoms with Crippen LogP contribution in [0.5, 0.6) is 0 Å². The van der Waals surface area contributed by atoms with Crippen LogP contribution in [-0.4, -0.2) is 4.57 Å². The Morgan fingerprint density at radius 3 is 2.70 bits per heavy atom. The Bertz CT molecular complexity index is 203. The molecule has 0 fully saturated rings. The third-order valence-corrected chi connectivity index (χ3v) is 1.76. The second kappa shape index (κ2) is 3.24. The topological polar surface area (TPSA) is 4.93 Å². The van der Waals surface area contributed by atoms with Gasteiger partial charge in [0.1, 0.15) is 0 Å². The highest BCUT2D eigenvalue weighted by Gasteiger charge is 1.95. The standard InChI is InChI=1S/C8H12BrN/c1-7(2)5-10-4-3-8(9)6-10/h3-4,6-7H,5H2,1-2H3. The molecule has 1 heterocycles. The van der Waals surface area contributed by atoms with E-state index in [1.54, 1.807) is 0 Å². The van der Waals surface area contributed by atoms with Crippen molar-refractivity contribution in [2.24, 2.45) is 5.92 Å². The number of hydrogen-bond donors (Lipinski definition) is 0. The Labute approximate surface area is 70.2 Å². The number of nitrogens with zero attached hydrogens (tertiary/aromatic N) is 1. The van der Waals surface area contributed by atoms with Crippen LogP contribution in [0.15, 0.2) is 22.9 Å². The lowest BCUT2D eigenvalue weighted by molar-refractivity contribution is 0.524. The summed E-state index contributed by atoms with van der Waals surface area (Å²) in [7, 11) is 0. The Morgan fingerprint density at radius 1 is 1.60 bits per heavy atom. The molecule has 0 spiro atoms. The molecule has 1 nitrogen and oxygen atoms in total. The van der Waals surface area contributed by atoms with Gasteiger partial charge in [0, 0.05) is 23.4 Å². The molecule has 0 amide bonds. The van der Waals surface area contributed by atoms with Crippen LogP contribution in [0.2, 0.25) is 0 Å². The summed E-state index contributed by atoms with van der Waals surface area (Å²) >= 11 is 3.40. The highest BCUT2D eigenvalue weighted by atomic mass is 79.9. The highest BCUT2D eigenvalue weighted by Crippen LogP contribution is 2.10. The zero-order chi connectivity index (χ0) is 7.56. The van der Waals surface area contributed by atoms with Gasteiger partial charge in [-0.3, -0.25) is 0 Å². The first-order valence-electron chi connectivity index (χ1n) is 3.50. The Balaban J connectivity index is 2.58. The van der Waals surface area contributed by atoms with Gasteiger partial charge in [-0.15, -0.1) is 0 Å². The van der Waals surface area contributed by atoms with E-state index in [0.29, 0.717) is 0 Å². The molecule has 0 aliphatic heterocycles. The summed E-state index contributed by atoms with van der Waals surface area (Å²) in [4.78, 5) is 0. The largest absolute Gasteiger partial charge is 0.353 e. The average Bonchev–Trinajstić information content (AvgIpc) is 2.13. The van der Waals surface area contributed by atoms with Gasteiger partial charge < -0.3 is 4.57 Å². The molecule has 0 aromatic carbocycles. The first-order chi connectivity index (χ1) is 4.68. The van der Waals surface area contributed by atoms with E-state index in [-0.39, 0.29) is 0 Å². The summed E-state index contributed by atoms with van der Waals surface area (Å²) in [5.74, 6) is 0.722. The third kappa shape index (κ3) is 2.18. The van der Waals surface area contributed by atoms with Crippen LogP contribution in [0.1, 0.15) is 13.8 Å². The van der Waals surface area contributed by atoms with Crippen LogP contribution >= 0.6 is 15.9 Å². The van der Waals surface area contributed by atoms with Gasteiger partial charge in [-0.2, -0.15) is 0 Å². The average molecular weight is 202 g/mol. The van der Waals surface area contributed by atoms with Crippen molar-refractivity contribution in [3.05, 3.63) is 22.9 Å². The van der Waals surface area contributed by atoms with Crippen molar-refractivity contribution in [3.63, 3.8) is 0 Å². The molecule has 1 aromatic heterocycles. The zero-order valence-electron chi connectivity index (χ0n) is 6.34. The van der Waals surface area contributed by atoms with E-state index in [9.17, 15) is 0 Å². The number of aromatic nitrogens is 1. The molecule has 10 heavy (non-hydrogen) atoms. The number of halogens is 1. The van der Waals surface area contributed by atoms with Crippen LogP contribution < -0.4 is 0 Å². The maximum atomic E-state index is 3.40. The molecule has 0 aliphatic carbocycles. The van der Waals surface area contributed by atoms with E-state index < -0.39 is 0 Å². The fourth-order valence-electron chi connectivity index (χ4n) is 0.947. The van der Waals surface area contributed by atoms with Crippen LogP contribution in [0.4, 0.5) is 0 Å². The van der Waals surface area contributed by atoms with Gasteiger partial charge in [0.25, 0.3) is 0 Å². The Morgan fingerprint density at radius 2 is 2.30 bits per heavy atom. The van der Waals surface area contributed by atoms with Gasteiger partial charge in [0.2, 0.25) is 0 Å². The minimum Gasteiger partial charge on any atom is -0.353 e. The lowest BCUT2D eigenvalue weighted by atomic mass is 10.2. The first kappa shape index (κ1) is 7.86. The predicted octanol–water partition coefficient (Wildman–Crippen LogP) is 2.91. The molecule has 0 atom stereocenters. The predicted molar refractivity (Wildman–Crippen MR) is 47.0 cm³/mol. The molecule has 56 valence electrons. The second-order valence-electron chi connectivity index (χ2n) is 2.92. The summed E-state index contributed by atoms with van der Waals surface area (Å²) in [5, 5.41) is 0. The Hall–Kier alpha value is -0.240. The summed E-state index contributed by atoms with van der Waals surface area (Å²) < 4.78 is 3.35. The summed E-state index contributed by atoms with van der Waals surface area (Å²) in [6.07, 6.45) is 4.18. The molecule has 1 rings (SSSR count). The van der Waals surface area contributed by atoms with Crippen molar-refractivity contribution in [1.29, 1.82) is 0 Å². The van der Waals surface area contributed by atoms with E-state index in [1.807, 2.05) is 0 Å². The highest BCUT2D eigenvalue weighted by molar-refractivity contribution is 9.10. The van der Waals surface area contributed by atoms with Crippen molar-refractivity contribution < 1.29 is 0 Å². The lowest BCUT2D eigenvalue weighted by Crippen LogP contribution is -2.00. The fraction of sp³-hybridized carbons (Fsp3) is 0.500. The molecule has 0 bridgehead atoms. The molecule has 0 unspecified atom stereocenters. The van der Waals surface area contributed by atoms with Gasteiger partial charge in [-0.25, -0.2) is 0 Å². The SMILES string of the molecule is CC(C)Cn1ccc(Br)c1. The summed E-state index contributed by atoms with van der Waals surface area (Å²) in [5.41, 5.74) is 0. The first-order valence-corrected chi connectivity index (χ1v) is 4.29. The van der Waals surface area contributed by atoms with E-state index in [0.717, 1.165) is 16.9 Å². The molecule has 0 N–H and O–H groups in total. The zero-order valence-corrected chi connectivity index (χ0v) is 7.93. The molecule has 0 radical (unpaired) electrons. The molecule has 0 saturated heterocycles. The van der Waals surface area contributed by atoms with Crippen molar-refractivity contribution in [2.75, 3.05) is 0 Å². The van der Waals surface area contributed by atoms with Gasteiger partial charge in [0.15, 0.2) is 0 Å². The second-order valence-corrected chi connectivity index (χ2v) is 3.84. The molecule has 0 aliphatic rings. The van der Waals surface area contributed by atoms with Gasteiger partial charge >= 0.3 is 0 Å². The van der Waals surface area contributed by atoms with Crippen LogP contribution in [0.3, 0.4) is 0 Å². The summed E-state index contributed by atoms with van der Waals surface area (Å²) in [6.45, 7) is 5.54. The maximum absolute atomic E-state index is 3.40. The monoisotopic (exact) mass is 201 g/mol. The van der Waals surface area contributed by atoms with Crippen LogP contribution in [0, 0.1) is 5.92 Å². The van der Waals surface area contributed by atoms with Gasteiger partial charge in [0.05, 0.1) is 0 Å². The maximum Gasteiger partial charge on any atom is 0.0351 e. The number of rotatable bonds is 2. The normalized spacial score (nSPS) is 10.8. The van der Waals surface area contributed by atoms with Crippen molar-refractivity contribution in [3.8, 4) is 0 Å². The van der Waals surface area contributed by atoms with Gasteiger partial charge in [-0.1, -0.05) is 13.8 Å². The lowest BCUT2D eigenvalue weighted by Gasteiger charge is -2.04. The quantitative estimate of drug-likeness (QED) is 0.694. The van der Waals surface area contributed by atoms with Gasteiger partial charge in [-0.05, 0) is 27.9 Å². The Kier molecular flexibility index (Phi) is 2.55. The van der Waals surface area contributed by atoms with Crippen molar-refractivity contribution >= 4 is 15.9 Å². The van der Waals surface area contributed by atoms with E-state index in [1.165, 1.54) is 0 Å². The molecular formula is C8H12BrN. The molecule has 1 aromatic rings. The summed E-state index contributed by atoms with van der Waals surface area (Å²) in [6, 6.07) is 2.06. The molecule has 0 saturated carbocycles. The van der Waals surface area contributed by atoms with E-state index in [4.69, 9.17) is 0 Å². The van der Waals surface area contributed by atoms with Crippen molar-refractivity contribution in [2.45, 2.75) is 20.4 Å². The van der Waals surface area contributed by atoms with E-state index >= 15 is 0 Å². The van der Waals surface area contributed by atoms with Crippen LogP contribution in [-0.2, 0) is 6.54 Å². The molecule has 2 heteroatoms. The van der Waals surface area contributed by atoms with Crippen molar-refractivity contribution in [1.82, 2.24) is 4.57 Å². The number of hydrogen-bond acceptors (Lipinski definition) is 0. The van der Waals surface area contributed by atoms with Crippen LogP contribution in [0.25, 0.3) is 0 Å². The minimum atomic E-state index is 0.722. The fourth-order valence-corrected chi connectivity index (χ4v) is 1.33. The smallest absolute Gasteiger partial charge is 0.0351 e. The third-order valence-electron chi connectivity index (χ3n) is 1.29.